The van der Waals surface area contributed by atoms with Crippen molar-refractivity contribution in [2.45, 2.75) is 25.7 Å². The summed E-state index contributed by atoms with van der Waals surface area (Å²) in [6, 6.07) is 2.11. The van der Waals surface area contributed by atoms with Crippen LogP contribution in [0.3, 0.4) is 0 Å². The summed E-state index contributed by atoms with van der Waals surface area (Å²) in [5.41, 5.74) is 1.32. The summed E-state index contributed by atoms with van der Waals surface area (Å²) >= 11 is 1.71. The first-order chi connectivity index (χ1) is 8.34. The number of carbonyl (C=O) groups excluding carboxylic acids is 1. The molecule has 1 unspecified atom stereocenters. The van der Waals surface area contributed by atoms with Crippen LogP contribution >= 0.6 is 23.7 Å². The highest BCUT2D eigenvalue weighted by Crippen LogP contribution is 2.13. The Morgan fingerprint density at radius 3 is 3.11 bits per heavy atom. The fourth-order valence-corrected chi connectivity index (χ4v) is 2.87. The maximum atomic E-state index is 11.6. The zero-order valence-corrected chi connectivity index (χ0v) is 12.1. The van der Waals surface area contributed by atoms with Crippen molar-refractivity contribution < 1.29 is 4.79 Å². The zero-order valence-electron chi connectivity index (χ0n) is 10.5. The van der Waals surface area contributed by atoms with Gasteiger partial charge in [-0.15, -0.1) is 12.4 Å². The quantitative estimate of drug-likeness (QED) is 0.843. The molecule has 3 nitrogen and oxygen atoms in total. The average molecular weight is 289 g/mol. The van der Waals surface area contributed by atoms with Gasteiger partial charge >= 0.3 is 0 Å². The van der Waals surface area contributed by atoms with Crippen LogP contribution in [0.25, 0.3) is 0 Å². The minimum absolute atomic E-state index is 0. The van der Waals surface area contributed by atoms with Crippen LogP contribution in [-0.2, 0) is 11.2 Å². The highest BCUT2D eigenvalue weighted by atomic mass is 35.5. The van der Waals surface area contributed by atoms with Crippen LogP contribution in [-0.4, -0.2) is 25.5 Å². The maximum Gasteiger partial charge on any atom is 0.220 e. The third-order valence-corrected chi connectivity index (χ3v) is 3.99. The number of carbonyl (C=O) groups is 1. The molecule has 0 bridgehead atoms. The summed E-state index contributed by atoms with van der Waals surface area (Å²) < 4.78 is 0. The minimum atomic E-state index is 0. The second-order valence-electron chi connectivity index (χ2n) is 4.63. The van der Waals surface area contributed by atoms with Gasteiger partial charge in [0, 0.05) is 13.0 Å². The summed E-state index contributed by atoms with van der Waals surface area (Å²) in [4.78, 5) is 11.6. The van der Waals surface area contributed by atoms with Gasteiger partial charge in [-0.3, -0.25) is 4.79 Å². The lowest BCUT2D eigenvalue weighted by Crippen LogP contribution is -2.26. The molecule has 0 saturated carbocycles. The molecule has 0 spiro atoms. The molecule has 18 heavy (non-hydrogen) atoms. The van der Waals surface area contributed by atoms with Crippen molar-refractivity contribution in [1.29, 1.82) is 0 Å². The van der Waals surface area contributed by atoms with Crippen LogP contribution in [0.15, 0.2) is 16.8 Å². The van der Waals surface area contributed by atoms with E-state index >= 15 is 0 Å². The van der Waals surface area contributed by atoms with Gasteiger partial charge in [-0.05, 0) is 60.7 Å². The first kappa shape index (κ1) is 15.5. The van der Waals surface area contributed by atoms with E-state index in [2.05, 4.69) is 27.5 Å². The van der Waals surface area contributed by atoms with E-state index in [1.807, 2.05) is 0 Å². The second kappa shape index (κ2) is 8.51. The Kier molecular flexibility index (Phi) is 7.32. The summed E-state index contributed by atoms with van der Waals surface area (Å²) in [5.74, 6) is 0.907. The summed E-state index contributed by atoms with van der Waals surface area (Å²) in [7, 11) is 0. The zero-order chi connectivity index (χ0) is 11.9. The molecule has 2 N–H and O–H groups in total. The van der Waals surface area contributed by atoms with Crippen LogP contribution in [0.1, 0.15) is 24.8 Å². The topological polar surface area (TPSA) is 41.1 Å². The molecule has 1 aliphatic rings. The van der Waals surface area contributed by atoms with Crippen LogP contribution in [0.4, 0.5) is 0 Å². The van der Waals surface area contributed by atoms with E-state index in [1.54, 1.807) is 11.3 Å². The number of halogens is 1. The number of hydrogen-bond acceptors (Lipinski definition) is 3. The first-order valence-electron chi connectivity index (χ1n) is 6.33. The van der Waals surface area contributed by atoms with E-state index in [9.17, 15) is 4.79 Å². The van der Waals surface area contributed by atoms with E-state index in [-0.39, 0.29) is 18.3 Å². The Bertz CT molecular complexity index is 337. The van der Waals surface area contributed by atoms with Crippen molar-refractivity contribution in [2.75, 3.05) is 19.6 Å². The lowest BCUT2D eigenvalue weighted by molar-refractivity contribution is -0.121. The Balaban J connectivity index is 0.00000162. The molecule has 5 heteroatoms. The van der Waals surface area contributed by atoms with Crippen molar-refractivity contribution in [3.8, 4) is 0 Å². The predicted molar refractivity (Wildman–Crippen MR) is 78.5 cm³/mol. The number of rotatable bonds is 6. The Labute approximate surface area is 119 Å². The SMILES string of the molecule is Cl.O=C(CCC1CCNC1)NCCc1ccsc1. The highest BCUT2D eigenvalue weighted by Gasteiger charge is 2.15. The molecule has 0 radical (unpaired) electrons. The Hall–Kier alpha value is -0.580. The molecule has 1 amide bonds. The third-order valence-electron chi connectivity index (χ3n) is 3.26. The van der Waals surface area contributed by atoms with Crippen molar-refractivity contribution in [2.24, 2.45) is 5.92 Å². The van der Waals surface area contributed by atoms with Crippen molar-refractivity contribution >= 4 is 29.7 Å². The van der Waals surface area contributed by atoms with Gasteiger partial charge in [0.25, 0.3) is 0 Å². The van der Waals surface area contributed by atoms with E-state index in [0.29, 0.717) is 12.3 Å². The molecule has 1 aliphatic heterocycles. The molecule has 1 aromatic heterocycles. The molecule has 2 rings (SSSR count). The van der Waals surface area contributed by atoms with Gasteiger partial charge in [-0.2, -0.15) is 11.3 Å². The van der Waals surface area contributed by atoms with Crippen LogP contribution in [0.5, 0.6) is 0 Å². The van der Waals surface area contributed by atoms with Gasteiger partial charge in [-0.1, -0.05) is 0 Å². The minimum Gasteiger partial charge on any atom is -0.356 e. The summed E-state index contributed by atoms with van der Waals surface area (Å²) in [5, 5.41) is 10.5. The molecule has 102 valence electrons. The van der Waals surface area contributed by atoms with Crippen LogP contribution < -0.4 is 10.6 Å². The Morgan fingerprint density at radius 1 is 1.56 bits per heavy atom. The van der Waals surface area contributed by atoms with Crippen molar-refractivity contribution in [3.63, 3.8) is 0 Å². The average Bonchev–Trinajstić information content (AvgIpc) is 2.99. The molecular formula is C13H21ClN2OS. The van der Waals surface area contributed by atoms with Crippen LogP contribution in [0.2, 0.25) is 0 Å². The van der Waals surface area contributed by atoms with E-state index in [4.69, 9.17) is 0 Å². The molecule has 2 heterocycles. The fraction of sp³-hybridized carbons (Fsp3) is 0.615. The third kappa shape index (κ3) is 5.38. The molecular weight excluding hydrogens is 268 g/mol. The van der Waals surface area contributed by atoms with Gasteiger partial charge < -0.3 is 10.6 Å². The molecule has 0 aromatic carbocycles. The fourth-order valence-electron chi connectivity index (χ4n) is 2.17. The van der Waals surface area contributed by atoms with Crippen LogP contribution in [0, 0.1) is 5.92 Å². The second-order valence-corrected chi connectivity index (χ2v) is 5.41. The van der Waals surface area contributed by atoms with Crippen molar-refractivity contribution in [3.05, 3.63) is 22.4 Å². The van der Waals surface area contributed by atoms with E-state index in [1.165, 1.54) is 12.0 Å². The lowest BCUT2D eigenvalue weighted by Gasteiger charge is -2.08. The number of hydrogen-bond donors (Lipinski definition) is 2. The van der Waals surface area contributed by atoms with Gasteiger partial charge in [0.2, 0.25) is 5.91 Å². The van der Waals surface area contributed by atoms with Gasteiger partial charge in [0.1, 0.15) is 0 Å². The molecule has 1 fully saturated rings. The summed E-state index contributed by atoms with van der Waals surface area (Å²) in [6.45, 7) is 2.96. The molecule has 1 saturated heterocycles. The first-order valence-corrected chi connectivity index (χ1v) is 7.27. The van der Waals surface area contributed by atoms with Gasteiger partial charge in [0.15, 0.2) is 0 Å². The lowest BCUT2D eigenvalue weighted by atomic mass is 10.0. The van der Waals surface area contributed by atoms with Gasteiger partial charge in [0.05, 0.1) is 0 Å². The molecule has 0 aliphatic carbocycles. The van der Waals surface area contributed by atoms with E-state index in [0.717, 1.165) is 32.5 Å². The smallest absolute Gasteiger partial charge is 0.220 e. The van der Waals surface area contributed by atoms with Crippen molar-refractivity contribution in [1.82, 2.24) is 10.6 Å². The maximum absolute atomic E-state index is 11.6. The summed E-state index contributed by atoms with van der Waals surface area (Å²) in [6.07, 6.45) is 3.87. The predicted octanol–water partition coefficient (Wildman–Crippen LogP) is 2.22. The highest BCUT2D eigenvalue weighted by molar-refractivity contribution is 7.07. The number of thiophene rings is 1. The number of amides is 1. The van der Waals surface area contributed by atoms with Gasteiger partial charge in [-0.25, -0.2) is 0 Å². The normalized spacial score (nSPS) is 18.3. The molecule has 1 aromatic rings. The van der Waals surface area contributed by atoms with E-state index < -0.39 is 0 Å². The largest absolute Gasteiger partial charge is 0.356 e. The standard InChI is InChI=1S/C13H20N2OS.ClH/c16-13(2-1-11-3-6-14-9-11)15-7-4-12-5-8-17-10-12;/h5,8,10-11,14H,1-4,6-7,9H2,(H,15,16);1H. The Morgan fingerprint density at radius 2 is 2.44 bits per heavy atom. The molecule has 1 atom stereocenters. The number of nitrogens with one attached hydrogen (secondary N) is 2. The monoisotopic (exact) mass is 288 g/mol.